The lowest BCUT2D eigenvalue weighted by Gasteiger charge is -2.12. The second-order valence-corrected chi connectivity index (χ2v) is 7.61. The van der Waals surface area contributed by atoms with Crippen molar-refractivity contribution in [3.05, 3.63) is 64.1 Å². The Labute approximate surface area is 185 Å². The molecule has 2 rings (SSSR count). The molecule has 0 aliphatic carbocycles. The predicted octanol–water partition coefficient (Wildman–Crippen LogP) is 6.61. The Morgan fingerprint density at radius 1 is 1.03 bits per heavy atom. The third-order valence-corrected chi connectivity index (χ3v) is 4.70. The number of rotatable bonds is 12. The van der Waals surface area contributed by atoms with Crippen LogP contribution in [-0.4, -0.2) is 20.3 Å². The van der Waals surface area contributed by atoms with Crippen LogP contribution < -0.4 is 19.8 Å². The van der Waals surface area contributed by atoms with Crippen molar-refractivity contribution in [2.24, 2.45) is 0 Å². The van der Waals surface area contributed by atoms with Gasteiger partial charge in [0.05, 0.1) is 19.1 Å². The molecule has 5 nitrogen and oxygen atoms in total. The number of methoxy groups -OCH3 is 1. The van der Waals surface area contributed by atoms with Gasteiger partial charge < -0.3 is 18.6 Å². The van der Waals surface area contributed by atoms with E-state index in [4.69, 9.17) is 18.6 Å². The van der Waals surface area contributed by atoms with Gasteiger partial charge in [0.1, 0.15) is 17.9 Å². The van der Waals surface area contributed by atoms with E-state index in [1.807, 2.05) is 18.2 Å². The third-order valence-electron chi connectivity index (χ3n) is 4.70. The van der Waals surface area contributed by atoms with Crippen molar-refractivity contribution in [3.8, 4) is 17.2 Å². The zero-order chi connectivity index (χ0) is 22.6. The van der Waals surface area contributed by atoms with Gasteiger partial charge in [0.25, 0.3) is 0 Å². The van der Waals surface area contributed by atoms with Crippen LogP contribution in [0.4, 0.5) is 0 Å². The van der Waals surface area contributed by atoms with Crippen LogP contribution in [0.1, 0.15) is 53.4 Å². The highest BCUT2D eigenvalue weighted by Crippen LogP contribution is 2.34. The summed E-state index contributed by atoms with van der Waals surface area (Å²) in [7, 11) is 1.52. The summed E-state index contributed by atoms with van der Waals surface area (Å²) in [4.78, 5) is 12.5. The summed E-state index contributed by atoms with van der Waals surface area (Å²) in [5.41, 5.74) is 2.46. The van der Waals surface area contributed by atoms with Crippen molar-refractivity contribution in [2.75, 3.05) is 20.3 Å². The molecule has 0 spiro atoms. The number of allylic oxidation sites excluding steroid dienone is 4. The molecule has 0 amide bonds. The van der Waals surface area contributed by atoms with E-state index in [0.717, 1.165) is 19.3 Å². The number of hydrogen-bond acceptors (Lipinski definition) is 5. The first-order valence-electron chi connectivity index (χ1n) is 10.8. The molecule has 1 heterocycles. The average Bonchev–Trinajstić information content (AvgIpc) is 2.73. The molecule has 0 aliphatic rings. The monoisotopic (exact) mass is 426 g/mol. The van der Waals surface area contributed by atoms with Crippen molar-refractivity contribution in [1.29, 1.82) is 0 Å². The van der Waals surface area contributed by atoms with Crippen LogP contribution in [0, 0.1) is 0 Å². The lowest BCUT2D eigenvalue weighted by molar-refractivity contribution is 0.285. The van der Waals surface area contributed by atoms with Gasteiger partial charge in [-0.05, 0) is 64.7 Å². The fourth-order valence-electron chi connectivity index (χ4n) is 3.04. The van der Waals surface area contributed by atoms with Gasteiger partial charge in [0, 0.05) is 6.07 Å². The zero-order valence-electron chi connectivity index (χ0n) is 19.3. The van der Waals surface area contributed by atoms with E-state index in [2.05, 4.69) is 45.9 Å². The van der Waals surface area contributed by atoms with Gasteiger partial charge in [0.2, 0.25) is 5.75 Å². The summed E-state index contributed by atoms with van der Waals surface area (Å²) in [6.45, 7) is 9.22. The lowest BCUT2D eigenvalue weighted by atomic mass is 10.1. The first-order valence-corrected chi connectivity index (χ1v) is 10.8. The second kappa shape index (κ2) is 12.7. The minimum atomic E-state index is -0.559. The summed E-state index contributed by atoms with van der Waals surface area (Å²) in [5.74, 6) is 1.11. The van der Waals surface area contributed by atoms with E-state index in [0.29, 0.717) is 42.1 Å². The van der Waals surface area contributed by atoms with Crippen molar-refractivity contribution in [1.82, 2.24) is 0 Å². The minimum absolute atomic E-state index is 0.100. The van der Waals surface area contributed by atoms with Crippen LogP contribution in [0.5, 0.6) is 17.2 Å². The van der Waals surface area contributed by atoms with Crippen LogP contribution in [0.2, 0.25) is 0 Å². The van der Waals surface area contributed by atoms with Gasteiger partial charge in [-0.15, -0.1) is 0 Å². The van der Waals surface area contributed by atoms with E-state index in [-0.39, 0.29) is 5.75 Å². The molecule has 0 bridgehead atoms. The van der Waals surface area contributed by atoms with E-state index >= 15 is 0 Å². The van der Waals surface area contributed by atoms with Crippen LogP contribution in [0.3, 0.4) is 0 Å². The SMILES string of the molecule is CC/C=C/CCOc1c(OC)c2ccc(OC/C=C(\C)CCC=C(C)C)cc2oc1=O. The molecule has 0 saturated heterocycles. The minimum Gasteiger partial charge on any atom is -0.492 e. The molecular formula is C26H34O5. The molecule has 0 N–H and O–H groups in total. The molecule has 168 valence electrons. The van der Waals surface area contributed by atoms with Gasteiger partial charge in [0.15, 0.2) is 5.75 Å². The molecule has 0 atom stereocenters. The van der Waals surface area contributed by atoms with Gasteiger partial charge in [-0.1, -0.05) is 36.3 Å². The quantitative estimate of drug-likeness (QED) is 0.217. The highest BCUT2D eigenvalue weighted by molar-refractivity contribution is 5.86. The summed E-state index contributed by atoms with van der Waals surface area (Å²) in [5, 5.41) is 0.669. The molecule has 0 aliphatic heterocycles. The van der Waals surface area contributed by atoms with Crippen LogP contribution >= 0.6 is 0 Å². The normalized spacial score (nSPS) is 11.7. The third kappa shape index (κ3) is 7.67. The number of fused-ring (bicyclic) bond motifs is 1. The van der Waals surface area contributed by atoms with E-state index < -0.39 is 5.63 Å². The largest absolute Gasteiger partial charge is 0.492 e. The molecule has 0 radical (unpaired) electrons. The van der Waals surface area contributed by atoms with Gasteiger partial charge in [-0.25, -0.2) is 4.79 Å². The van der Waals surface area contributed by atoms with Crippen LogP contribution in [0.25, 0.3) is 11.0 Å². The Kier molecular flexibility index (Phi) is 9.95. The molecule has 2 aromatic rings. The maximum atomic E-state index is 12.5. The maximum Gasteiger partial charge on any atom is 0.383 e. The summed E-state index contributed by atoms with van der Waals surface area (Å²) in [6.07, 6.45) is 12.1. The van der Waals surface area contributed by atoms with E-state index in [1.165, 1.54) is 18.3 Å². The Balaban J connectivity index is 2.10. The molecular weight excluding hydrogens is 392 g/mol. The van der Waals surface area contributed by atoms with Crippen LogP contribution in [0.15, 0.2) is 62.9 Å². The molecule has 1 aromatic heterocycles. The topological polar surface area (TPSA) is 57.9 Å². The van der Waals surface area contributed by atoms with Gasteiger partial charge >= 0.3 is 5.63 Å². The Morgan fingerprint density at radius 2 is 1.84 bits per heavy atom. The number of hydrogen-bond donors (Lipinski definition) is 0. The molecule has 0 fully saturated rings. The van der Waals surface area contributed by atoms with Crippen molar-refractivity contribution in [2.45, 2.75) is 53.4 Å². The van der Waals surface area contributed by atoms with Crippen molar-refractivity contribution < 1.29 is 18.6 Å². The highest BCUT2D eigenvalue weighted by Gasteiger charge is 2.17. The molecule has 5 heteroatoms. The highest BCUT2D eigenvalue weighted by atomic mass is 16.5. The molecule has 0 saturated carbocycles. The fraction of sp³-hybridized carbons (Fsp3) is 0.423. The van der Waals surface area contributed by atoms with Crippen molar-refractivity contribution in [3.63, 3.8) is 0 Å². The maximum absolute atomic E-state index is 12.5. The average molecular weight is 427 g/mol. The van der Waals surface area contributed by atoms with Crippen LogP contribution in [-0.2, 0) is 0 Å². The summed E-state index contributed by atoms with van der Waals surface area (Å²) < 4.78 is 22.4. The first-order chi connectivity index (χ1) is 15.0. The molecule has 31 heavy (non-hydrogen) atoms. The molecule has 0 unspecified atom stereocenters. The van der Waals surface area contributed by atoms with Crippen molar-refractivity contribution >= 4 is 11.0 Å². The Bertz CT molecular complexity index is 991. The van der Waals surface area contributed by atoms with E-state index in [9.17, 15) is 4.79 Å². The summed E-state index contributed by atoms with van der Waals surface area (Å²) in [6, 6.07) is 5.37. The number of benzene rings is 1. The Morgan fingerprint density at radius 3 is 2.55 bits per heavy atom. The predicted molar refractivity (Wildman–Crippen MR) is 126 cm³/mol. The smallest absolute Gasteiger partial charge is 0.383 e. The molecule has 1 aromatic carbocycles. The fourth-order valence-corrected chi connectivity index (χ4v) is 3.04. The standard InChI is InChI=1S/C26H34O5/c1-6-7-8-9-16-30-25-24(28-5)22-14-13-21(18-23(22)31-26(25)27)29-17-15-20(4)12-10-11-19(2)3/h7-8,11,13-15,18H,6,9-10,12,16-17H2,1-5H3/b8-7+,20-15+. The lowest BCUT2D eigenvalue weighted by Crippen LogP contribution is -2.10. The first kappa shape index (κ1) is 24.3. The van der Waals surface area contributed by atoms with Gasteiger partial charge in [-0.3, -0.25) is 0 Å². The number of ether oxygens (including phenoxy) is 3. The van der Waals surface area contributed by atoms with Gasteiger partial charge in [-0.2, -0.15) is 0 Å². The van der Waals surface area contributed by atoms with E-state index in [1.54, 1.807) is 6.07 Å². The second-order valence-electron chi connectivity index (χ2n) is 7.61. The Hall–Kier alpha value is -2.95. The summed E-state index contributed by atoms with van der Waals surface area (Å²) >= 11 is 0. The zero-order valence-corrected chi connectivity index (χ0v) is 19.3.